The second-order valence-electron chi connectivity index (χ2n) is 6.90. The number of rotatable bonds is 3. The van der Waals surface area contributed by atoms with E-state index in [1.54, 1.807) is 4.90 Å². The van der Waals surface area contributed by atoms with Crippen LogP contribution in [0, 0.1) is 12.7 Å². The highest BCUT2D eigenvalue weighted by atomic mass is 19.1. The Balaban J connectivity index is 1.41. The Hall–Kier alpha value is -3.02. The van der Waals surface area contributed by atoms with E-state index >= 15 is 0 Å². The molecule has 2 heterocycles. The van der Waals surface area contributed by atoms with E-state index in [1.165, 1.54) is 24.3 Å². The third-order valence-electron chi connectivity index (χ3n) is 4.94. The molecule has 0 spiro atoms. The van der Waals surface area contributed by atoms with E-state index in [9.17, 15) is 9.18 Å². The number of halogens is 1. The van der Waals surface area contributed by atoms with E-state index in [0.29, 0.717) is 30.4 Å². The number of hydrogen-bond acceptors (Lipinski definition) is 4. The smallest absolute Gasteiger partial charge is 0.253 e. The van der Waals surface area contributed by atoms with Crippen molar-refractivity contribution in [1.29, 1.82) is 0 Å². The highest BCUT2D eigenvalue weighted by molar-refractivity contribution is 5.94. The summed E-state index contributed by atoms with van der Waals surface area (Å²) < 4.78 is 18.5. The van der Waals surface area contributed by atoms with Gasteiger partial charge in [-0.05, 0) is 50.1 Å². The summed E-state index contributed by atoms with van der Waals surface area (Å²) in [7, 11) is 0. The highest BCUT2D eigenvalue weighted by Crippen LogP contribution is 2.29. The SMILES string of the molecule is Cc1cccc(-c2noc(C3CCN(C(=O)c4ccc(F)cc4)CC3)n2)c1. The van der Waals surface area contributed by atoms with Gasteiger partial charge in [0.05, 0.1) is 0 Å². The molecule has 0 bridgehead atoms. The van der Waals surface area contributed by atoms with Gasteiger partial charge < -0.3 is 9.42 Å². The minimum absolute atomic E-state index is 0.0700. The molecule has 0 atom stereocenters. The maximum Gasteiger partial charge on any atom is 0.253 e. The van der Waals surface area contributed by atoms with E-state index < -0.39 is 0 Å². The number of carbonyl (C=O) groups excluding carboxylic acids is 1. The Morgan fingerprint density at radius 2 is 1.89 bits per heavy atom. The largest absolute Gasteiger partial charge is 0.339 e. The molecule has 138 valence electrons. The standard InChI is InChI=1S/C21H20FN3O2/c1-14-3-2-4-17(13-14)19-23-20(27-24-19)15-9-11-25(12-10-15)21(26)16-5-7-18(22)8-6-16/h2-8,13,15H,9-12H2,1H3. The Bertz CT molecular complexity index is 944. The number of amides is 1. The zero-order valence-corrected chi connectivity index (χ0v) is 15.1. The molecule has 27 heavy (non-hydrogen) atoms. The van der Waals surface area contributed by atoms with Crippen LogP contribution in [0.1, 0.15) is 40.6 Å². The third-order valence-corrected chi connectivity index (χ3v) is 4.94. The van der Waals surface area contributed by atoms with Crippen LogP contribution in [0.2, 0.25) is 0 Å². The van der Waals surface area contributed by atoms with Crippen molar-refractivity contribution < 1.29 is 13.7 Å². The van der Waals surface area contributed by atoms with Gasteiger partial charge in [0.15, 0.2) is 0 Å². The number of likely N-dealkylation sites (tertiary alicyclic amines) is 1. The van der Waals surface area contributed by atoms with Gasteiger partial charge in [0.2, 0.25) is 11.7 Å². The number of aryl methyl sites for hydroxylation is 1. The molecule has 0 radical (unpaired) electrons. The summed E-state index contributed by atoms with van der Waals surface area (Å²) in [5, 5.41) is 4.11. The molecule has 4 rings (SSSR count). The number of hydrogen-bond donors (Lipinski definition) is 0. The third kappa shape index (κ3) is 3.74. The first kappa shape index (κ1) is 17.4. The summed E-state index contributed by atoms with van der Waals surface area (Å²) in [6, 6.07) is 13.7. The lowest BCUT2D eigenvalue weighted by atomic mass is 9.96. The lowest BCUT2D eigenvalue weighted by Crippen LogP contribution is -2.38. The van der Waals surface area contributed by atoms with Crippen LogP contribution in [0.15, 0.2) is 53.1 Å². The molecule has 1 fully saturated rings. The van der Waals surface area contributed by atoms with Crippen LogP contribution >= 0.6 is 0 Å². The zero-order chi connectivity index (χ0) is 18.8. The van der Waals surface area contributed by atoms with Crippen LogP contribution in [-0.4, -0.2) is 34.0 Å². The van der Waals surface area contributed by atoms with Gasteiger partial charge in [0, 0.05) is 30.1 Å². The van der Waals surface area contributed by atoms with Crippen molar-refractivity contribution in [3.05, 3.63) is 71.4 Å². The summed E-state index contributed by atoms with van der Waals surface area (Å²) in [6.45, 7) is 3.25. The van der Waals surface area contributed by atoms with E-state index in [1.807, 2.05) is 31.2 Å². The number of nitrogens with zero attached hydrogens (tertiary/aromatic N) is 3. The normalized spacial score (nSPS) is 15.1. The quantitative estimate of drug-likeness (QED) is 0.698. The molecule has 5 nitrogen and oxygen atoms in total. The monoisotopic (exact) mass is 365 g/mol. The summed E-state index contributed by atoms with van der Waals surface area (Å²) in [5.74, 6) is 0.956. The maximum atomic E-state index is 13.0. The predicted octanol–water partition coefficient (Wildman–Crippen LogP) is 4.20. The van der Waals surface area contributed by atoms with Crippen LogP contribution in [0.3, 0.4) is 0 Å². The molecule has 0 saturated carbocycles. The summed E-state index contributed by atoms with van der Waals surface area (Å²) in [6.07, 6.45) is 1.53. The molecule has 0 aliphatic carbocycles. The molecular weight excluding hydrogens is 345 g/mol. The van der Waals surface area contributed by atoms with E-state index in [-0.39, 0.29) is 17.6 Å². The molecule has 1 aliphatic heterocycles. The first-order valence-electron chi connectivity index (χ1n) is 9.05. The van der Waals surface area contributed by atoms with Crippen molar-refractivity contribution in [1.82, 2.24) is 15.0 Å². The lowest BCUT2D eigenvalue weighted by molar-refractivity contribution is 0.0704. The van der Waals surface area contributed by atoms with Crippen LogP contribution in [0.25, 0.3) is 11.4 Å². The predicted molar refractivity (Wildman–Crippen MR) is 98.7 cm³/mol. The zero-order valence-electron chi connectivity index (χ0n) is 15.1. The number of piperidine rings is 1. The van der Waals surface area contributed by atoms with Crippen molar-refractivity contribution in [2.45, 2.75) is 25.7 Å². The van der Waals surface area contributed by atoms with E-state index in [4.69, 9.17) is 4.52 Å². The summed E-state index contributed by atoms with van der Waals surface area (Å²) in [5.41, 5.74) is 2.59. The van der Waals surface area contributed by atoms with Crippen LogP contribution in [-0.2, 0) is 0 Å². The van der Waals surface area contributed by atoms with Crippen LogP contribution in [0.5, 0.6) is 0 Å². The molecule has 6 heteroatoms. The number of benzene rings is 2. The molecule has 2 aromatic carbocycles. The Labute approximate surface area is 156 Å². The summed E-state index contributed by atoms with van der Waals surface area (Å²) in [4.78, 5) is 18.9. The van der Waals surface area contributed by atoms with Crippen LogP contribution in [0.4, 0.5) is 4.39 Å². The average Bonchev–Trinajstić information content (AvgIpc) is 3.18. The molecule has 1 aromatic heterocycles. The first-order chi connectivity index (χ1) is 13.1. The number of carbonyl (C=O) groups is 1. The fourth-order valence-electron chi connectivity index (χ4n) is 3.41. The van der Waals surface area contributed by atoms with Gasteiger partial charge in [-0.2, -0.15) is 4.98 Å². The Morgan fingerprint density at radius 3 is 2.59 bits per heavy atom. The molecule has 1 aliphatic rings. The van der Waals surface area contributed by atoms with Gasteiger partial charge in [0.1, 0.15) is 5.82 Å². The first-order valence-corrected chi connectivity index (χ1v) is 9.05. The van der Waals surface area contributed by atoms with Crippen molar-refractivity contribution in [3.63, 3.8) is 0 Å². The molecule has 3 aromatic rings. The second-order valence-corrected chi connectivity index (χ2v) is 6.90. The fraction of sp³-hybridized carbons (Fsp3) is 0.286. The van der Waals surface area contributed by atoms with Gasteiger partial charge in [-0.1, -0.05) is 28.9 Å². The molecular formula is C21H20FN3O2. The minimum atomic E-state index is -0.342. The average molecular weight is 365 g/mol. The fourth-order valence-corrected chi connectivity index (χ4v) is 3.41. The Kier molecular flexibility index (Phi) is 4.71. The van der Waals surface area contributed by atoms with Crippen molar-refractivity contribution in [2.24, 2.45) is 0 Å². The minimum Gasteiger partial charge on any atom is -0.339 e. The Morgan fingerprint density at radius 1 is 1.15 bits per heavy atom. The highest BCUT2D eigenvalue weighted by Gasteiger charge is 2.28. The van der Waals surface area contributed by atoms with Gasteiger partial charge in [-0.15, -0.1) is 0 Å². The van der Waals surface area contributed by atoms with Crippen molar-refractivity contribution >= 4 is 5.91 Å². The van der Waals surface area contributed by atoms with E-state index in [2.05, 4.69) is 10.1 Å². The molecule has 0 N–H and O–H groups in total. The van der Waals surface area contributed by atoms with Gasteiger partial charge in [-0.25, -0.2) is 4.39 Å². The lowest BCUT2D eigenvalue weighted by Gasteiger charge is -2.30. The van der Waals surface area contributed by atoms with Crippen LogP contribution < -0.4 is 0 Å². The maximum absolute atomic E-state index is 13.0. The van der Waals surface area contributed by atoms with Crippen molar-refractivity contribution in [2.75, 3.05) is 13.1 Å². The van der Waals surface area contributed by atoms with Gasteiger partial charge in [-0.3, -0.25) is 4.79 Å². The second kappa shape index (κ2) is 7.31. The molecule has 1 saturated heterocycles. The van der Waals surface area contributed by atoms with E-state index in [0.717, 1.165) is 24.0 Å². The molecule has 1 amide bonds. The molecule has 0 unspecified atom stereocenters. The van der Waals surface area contributed by atoms with Gasteiger partial charge >= 0.3 is 0 Å². The topological polar surface area (TPSA) is 59.2 Å². The summed E-state index contributed by atoms with van der Waals surface area (Å²) >= 11 is 0. The number of aromatic nitrogens is 2. The van der Waals surface area contributed by atoms with Crippen molar-refractivity contribution in [3.8, 4) is 11.4 Å². The van der Waals surface area contributed by atoms with Gasteiger partial charge in [0.25, 0.3) is 5.91 Å².